The highest BCUT2D eigenvalue weighted by Gasteiger charge is 2.33. The molecule has 1 aliphatic heterocycles. The Morgan fingerprint density at radius 3 is 2.92 bits per heavy atom. The Balaban J connectivity index is 1.72. The molecule has 1 aliphatic carbocycles. The van der Waals surface area contributed by atoms with Crippen LogP contribution in [0.3, 0.4) is 0 Å². The zero-order valence-corrected chi connectivity index (χ0v) is 14.7. The van der Waals surface area contributed by atoms with Crippen LogP contribution in [0.2, 0.25) is 0 Å². The number of aromatic nitrogens is 3. The summed E-state index contributed by atoms with van der Waals surface area (Å²) >= 11 is 1.67. The van der Waals surface area contributed by atoms with Crippen molar-refractivity contribution in [3.63, 3.8) is 0 Å². The van der Waals surface area contributed by atoms with Crippen molar-refractivity contribution in [2.45, 2.75) is 19.3 Å². The summed E-state index contributed by atoms with van der Waals surface area (Å²) in [6.45, 7) is 1.82. The molecule has 1 fully saturated rings. The lowest BCUT2D eigenvalue weighted by Gasteiger charge is -2.31. The molecule has 0 bridgehead atoms. The standard InChI is InChI=1S/C17H20N4O2S/c1-20-15(9-14(19-20)16(22)23-2)13-10-21(17-18-6-8-24-17)7-5-12(13)11-3-4-11/h6,8-9,11H,3-5,7,10H2,1-2H3. The molecule has 126 valence electrons. The lowest BCUT2D eigenvalue weighted by Crippen LogP contribution is -2.32. The third-order valence-corrected chi connectivity index (χ3v) is 5.56. The van der Waals surface area contributed by atoms with Gasteiger partial charge in [0.2, 0.25) is 0 Å². The summed E-state index contributed by atoms with van der Waals surface area (Å²) in [5.41, 5.74) is 4.20. The number of hydrogen-bond donors (Lipinski definition) is 0. The predicted octanol–water partition coefficient (Wildman–Crippen LogP) is 2.74. The number of aryl methyl sites for hydroxylation is 1. The maximum atomic E-state index is 11.8. The molecule has 7 heteroatoms. The van der Waals surface area contributed by atoms with Crippen molar-refractivity contribution < 1.29 is 9.53 Å². The Bertz CT molecular complexity index is 790. The van der Waals surface area contributed by atoms with E-state index in [0.29, 0.717) is 11.6 Å². The number of anilines is 1. The Morgan fingerprint density at radius 2 is 2.25 bits per heavy atom. The quantitative estimate of drug-likeness (QED) is 0.798. The van der Waals surface area contributed by atoms with Crippen molar-refractivity contribution in [3.05, 3.63) is 34.6 Å². The fourth-order valence-electron chi connectivity index (χ4n) is 3.39. The number of carbonyl (C=O) groups is 1. The summed E-state index contributed by atoms with van der Waals surface area (Å²) < 4.78 is 6.61. The Morgan fingerprint density at radius 1 is 1.42 bits per heavy atom. The average molecular weight is 344 g/mol. The summed E-state index contributed by atoms with van der Waals surface area (Å²) in [7, 11) is 3.28. The van der Waals surface area contributed by atoms with Crippen LogP contribution in [0.4, 0.5) is 5.13 Å². The normalized spacial score (nSPS) is 18.2. The topological polar surface area (TPSA) is 60.2 Å². The molecular formula is C17H20N4O2S. The van der Waals surface area contributed by atoms with Gasteiger partial charge in [-0.3, -0.25) is 4.68 Å². The van der Waals surface area contributed by atoms with E-state index in [0.717, 1.165) is 30.3 Å². The van der Waals surface area contributed by atoms with Crippen LogP contribution in [0.15, 0.2) is 23.2 Å². The van der Waals surface area contributed by atoms with Crippen LogP contribution in [0.1, 0.15) is 35.4 Å². The number of nitrogens with zero attached hydrogens (tertiary/aromatic N) is 4. The Kier molecular flexibility index (Phi) is 3.88. The monoisotopic (exact) mass is 344 g/mol. The van der Waals surface area contributed by atoms with Crippen LogP contribution < -0.4 is 4.90 Å². The number of methoxy groups -OCH3 is 1. The van der Waals surface area contributed by atoms with E-state index in [4.69, 9.17) is 4.74 Å². The largest absolute Gasteiger partial charge is 0.464 e. The fourth-order valence-corrected chi connectivity index (χ4v) is 4.07. The second kappa shape index (κ2) is 6.05. The van der Waals surface area contributed by atoms with Gasteiger partial charge in [0.15, 0.2) is 10.8 Å². The molecule has 0 unspecified atom stereocenters. The maximum Gasteiger partial charge on any atom is 0.358 e. The van der Waals surface area contributed by atoms with Crippen LogP contribution in [0.5, 0.6) is 0 Å². The van der Waals surface area contributed by atoms with Crippen molar-refractivity contribution in [1.82, 2.24) is 14.8 Å². The van der Waals surface area contributed by atoms with Crippen molar-refractivity contribution in [2.75, 3.05) is 25.1 Å². The van der Waals surface area contributed by atoms with Crippen LogP contribution >= 0.6 is 11.3 Å². The van der Waals surface area contributed by atoms with Crippen molar-refractivity contribution in [1.29, 1.82) is 0 Å². The number of hydrogen-bond acceptors (Lipinski definition) is 6. The highest BCUT2D eigenvalue weighted by Crippen LogP contribution is 2.44. The minimum absolute atomic E-state index is 0.365. The number of thiazole rings is 1. The van der Waals surface area contributed by atoms with E-state index in [1.807, 2.05) is 24.7 Å². The summed E-state index contributed by atoms with van der Waals surface area (Å²) in [4.78, 5) is 18.6. The molecule has 0 radical (unpaired) electrons. The molecule has 0 atom stereocenters. The van der Waals surface area contributed by atoms with Gasteiger partial charge in [-0.05, 0) is 36.8 Å². The molecule has 1 saturated carbocycles. The van der Waals surface area contributed by atoms with Gasteiger partial charge in [-0.15, -0.1) is 11.3 Å². The number of rotatable bonds is 4. The van der Waals surface area contributed by atoms with Gasteiger partial charge in [-0.2, -0.15) is 5.10 Å². The van der Waals surface area contributed by atoms with Gasteiger partial charge in [0.1, 0.15) is 0 Å². The highest BCUT2D eigenvalue weighted by atomic mass is 32.1. The molecule has 6 nitrogen and oxygen atoms in total. The fraction of sp³-hybridized carbons (Fsp3) is 0.471. The summed E-state index contributed by atoms with van der Waals surface area (Å²) in [5.74, 6) is 0.313. The third-order valence-electron chi connectivity index (χ3n) is 4.73. The molecule has 24 heavy (non-hydrogen) atoms. The first-order valence-corrected chi connectivity index (χ1v) is 9.04. The third kappa shape index (κ3) is 2.73. The minimum Gasteiger partial charge on any atom is -0.464 e. The first-order chi connectivity index (χ1) is 11.7. The Labute approximate surface area is 144 Å². The highest BCUT2D eigenvalue weighted by molar-refractivity contribution is 7.13. The molecule has 0 aromatic carbocycles. The molecule has 2 aromatic heterocycles. The molecule has 0 amide bonds. The van der Waals surface area contributed by atoms with Crippen LogP contribution in [0, 0.1) is 5.92 Å². The van der Waals surface area contributed by atoms with Gasteiger partial charge < -0.3 is 9.64 Å². The first kappa shape index (κ1) is 15.4. The minimum atomic E-state index is -0.391. The zero-order valence-electron chi connectivity index (χ0n) is 13.9. The summed E-state index contributed by atoms with van der Waals surface area (Å²) in [6.07, 6.45) is 5.45. The van der Waals surface area contributed by atoms with Crippen LogP contribution in [-0.4, -0.2) is 40.9 Å². The van der Waals surface area contributed by atoms with E-state index in [-0.39, 0.29) is 0 Å². The molecular weight excluding hydrogens is 324 g/mol. The average Bonchev–Trinajstić information content (AvgIpc) is 3.15. The van der Waals surface area contributed by atoms with E-state index in [1.165, 1.54) is 31.1 Å². The summed E-state index contributed by atoms with van der Waals surface area (Å²) in [6, 6.07) is 1.86. The second-order valence-corrected chi connectivity index (χ2v) is 7.17. The van der Waals surface area contributed by atoms with Gasteiger partial charge in [0.25, 0.3) is 0 Å². The second-order valence-electron chi connectivity index (χ2n) is 6.29. The molecule has 2 aromatic rings. The molecule has 2 aliphatic rings. The van der Waals surface area contributed by atoms with E-state index in [2.05, 4.69) is 15.0 Å². The van der Waals surface area contributed by atoms with E-state index < -0.39 is 5.97 Å². The van der Waals surface area contributed by atoms with Gasteiger partial charge in [0.05, 0.1) is 12.8 Å². The number of carbonyl (C=O) groups excluding carboxylic acids is 1. The molecule has 0 N–H and O–H groups in total. The smallest absolute Gasteiger partial charge is 0.358 e. The van der Waals surface area contributed by atoms with E-state index in [9.17, 15) is 4.79 Å². The SMILES string of the molecule is COC(=O)c1cc(C2=C(C3CC3)CCN(c3nccs3)C2)n(C)n1. The number of ether oxygens (including phenoxy) is 1. The predicted molar refractivity (Wildman–Crippen MR) is 93.1 cm³/mol. The van der Waals surface area contributed by atoms with E-state index in [1.54, 1.807) is 16.0 Å². The van der Waals surface area contributed by atoms with Gasteiger partial charge in [-0.1, -0.05) is 5.57 Å². The lowest BCUT2D eigenvalue weighted by molar-refractivity contribution is 0.0593. The van der Waals surface area contributed by atoms with Crippen LogP contribution in [-0.2, 0) is 11.8 Å². The van der Waals surface area contributed by atoms with Crippen molar-refractivity contribution >= 4 is 28.0 Å². The molecule has 4 rings (SSSR count). The maximum absolute atomic E-state index is 11.8. The summed E-state index contributed by atoms with van der Waals surface area (Å²) in [5, 5.41) is 7.40. The molecule has 3 heterocycles. The Hall–Kier alpha value is -2.15. The van der Waals surface area contributed by atoms with E-state index >= 15 is 0 Å². The zero-order chi connectivity index (χ0) is 16.7. The van der Waals surface area contributed by atoms with Gasteiger partial charge >= 0.3 is 5.97 Å². The first-order valence-electron chi connectivity index (χ1n) is 8.16. The lowest BCUT2D eigenvalue weighted by atomic mass is 9.94. The van der Waals surface area contributed by atoms with Crippen LogP contribution in [0.25, 0.3) is 5.57 Å². The van der Waals surface area contributed by atoms with Gasteiger partial charge in [-0.25, -0.2) is 9.78 Å². The number of esters is 1. The van der Waals surface area contributed by atoms with Gasteiger partial charge in [0, 0.05) is 31.7 Å². The molecule has 0 spiro atoms. The van der Waals surface area contributed by atoms with Crippen molar-refractivity contribution in [2.24, 2.45) is 13.0 Å². The molecule has 0 saturated heterocycles. The van der Waals surface area contributed by atoms with Crippen molar-refractivity contribution in [3.8, 4) is 0 Å².